The summed E-state index contributed by atoms with van der Waals surface area (Å²) < 4.78 is 22.3. The molecule has 1 atom stereocenters. The van der Waals surface area contributed by atoms with E-state index < -0.39 is 41.0 Å². The number of hydrogen-bond acceptors (Lipinski definition) is 11. The van der Waals surface area contributed by atoms with Gasteiger partial charge in [0.15, 0.2) is 11.5 Å². The third kappa shape index (κ3) is 6.86. The maximum atomic E-state index is 13.8. The molecule has 1 aliphatic carbocycles. The number of aryl methyl sites for hydroxylation is 1. The zero-order valence-corrected chi connectivity index (χ0v) is 32.9. The average Bonchev–Trinajstić information content (AvgIpc) is 3.08. The summed E-state index contributed by atoms with van der Waals surface area (Å²) in [5.41, 5.74) is 1.67. The van der Waals surface area contributed by atoms with Gasteiger partial charge in [-0.1, -0.05) is 6.92 Å². The summed E-state index contributed by atoms with van der Waals surface area (Å²) >= 11 is 3.22. The highest BCUT2D eigenvalue weighted by molar-refractivity contribution is 9.10. The van der Waals surface area contributed by atoms with Crippen molar-refractivity contribution in [1.29, 1.82) is 0 Å². The lowest BCUT2D eigenvalue weighted by atomic mass is 9.87. The van der Waals surface area contributed by atoms with Crippen molar-refractivity contribution in [3.05, 3.63) is 101 Å². The molecule has 13 heteroatoms. The Morgan fingerprint density at radius 3 is 1.79 bits per heavy atom. The number of ketones is 1. The zero-order chi connectivity index (χ0) is 40.0. The van der Waals surface area contributed by atoms with Crippen LogP contribution >= 0.6 is 15.9 Å². The van der Waals surface area contributed by atoms with Gasteiger partial charge in [-0.25, -0.2) is 19.2 Å². The minimum absolute atomic E-state index is 0.0387. The Labute approximate surface area is 315 Å². The van der Waals surface area contributed by atoms with Gasteiger partial charge >= 0.3 is 23.9 Å². The first kappa shape index (κ1) is 40.5. The molecule has 0 amide bonds. The molecule has 0 spiro atoms. The number of carboxylic acid groups (broad SMARTS) is 1. The Morgan fingerprint density at radius 1 is 0.736 bits per heavy atom. The van der Waals surface area contributed by atoms with Crippen LogP contribution in [0.5, 0.6) is 23.0 Å². The first-order valence-electron chi connectivity index (χ1n) is 16.5. The highest BCUT2D eigenvalue weighted by atomic mass is 79.9. The predicted molar refractivity (Wildman–Crippen MR) is 197 cm³/mol. The summed E-state index contributed by atoms with van der Waals surface area (Å²) in [4.78, 5) is 64.7. The van der Waals surface area contributed by atoms with Crippen LogP contribution in [0.25, 0.3) is 0 Å². The minimum atomic E-state index is -2.43. The van der Waals surface area contributed by atoms with Crippen LogP contribution in [0.2, 0.25) is 0 Å². The molecule has 0 bridgehead atoms. The van der Waals surface area contributed by atoms with Crippen molar-refractivity contribution in [2.75, 3.05) is 7.11 Å². The van der Waals surface area contributed by atoms with E-state index in [1.165, 1.54) is 33.9 Å². The highest BCUT2D eigenvalue weighted by Crippen LogP contribution is 2.44. The number of aromatic hydroxyl groups is 1. The van der Waals surface area contributed by atoms with E-state index in [1.54, 1.807) is 41.5 Å². The third-order valence-corrected chi connectivity index (χ3v) is 10.7. The average molecular weight is 794 g/mol. The number of esters is 3. The molecule has 3 aromatic rings. The molecule has 3 aromatic carbocycles. The van der Waals surface area contributed by atoms with Gasteiger partial charge in [-0.3, -0.25) is 4.79 Å². The molecule has 53 heavy (non-hydrogen) atoms. The summed E-state index contributed by atoms with van der Waals surface area (Å²) in [6.45, 7) is 16.3. The van der Waals surface area contributed by atoms with Gasteiger partial charge in [0.1, 0.15) is 33.0 Å². The number of aliphatic hydroxyl groups is 1. The van der Waals surface area contributed by atoms with Crippen molar-refractivity contribution in [2.45, 2.75) is 81.3 Å². The van der Waals surface area contributed by atoms with E-state index >= 15 is 0 Å². The van der Waals surface area contributed by atoms with Gasteiger partial charge in [-0.05, 0) is 152 Å². The van der Waals surface area contributed by atoms with E-state index in [1.807, 2.05) is 6.92 Å². The molecule has 3 N–H and O–H groups in total. The number of carbonyl (C=O) groups excluding carboxylic acids is 4. The van der Waals surface area contributed by atoms with E-state index in [0.29, 0.717) is 45.4 Å². The minimum Gasteiger partial charge on any atom is -0.506 e. The van der Waals surface area contributed by atoms with Gasteiger partial charge in [-0.2, -0.15) is 0 Å². The van der Waals surface area contributed by atoms with Gasteiger partial charge in [0.25, 0.3) is 0 Å². The van der Waals surface area contributed by atoms with Crippen LogP contribution in [0, 0.1) is 55.4 Å². The lowest BCUT2D eigenvalue weighted by Crippen LogP contribution is -2.47. The van der Waals surface area contributed by atoms with Crippen LogP contribution in [-0.2, 0) is 20.7 Å². The van der Waals surface area contributed by atoms with E-state index in [-0.39, 0.29) is 60.9 Å². The van der Waals surface area contributed by atoms with Crippen molar-refractivity contribution in [1.82, 2.24) is 0 Å². The van der Waals surface area contributed by atoms with E-state index in [9.17, 15) is 39.3 Å². The maximum absolute atomic E-state index is 13.8. The van der Waals surface area contributed by atoms with Crippen LogP contribution in [0.4, 0.5) is 0 Å². The molecule has 0 heterocycles. The summed E-state index contributed by atoms with van der Waals surface area (Å²) in [5, 5.41) is 32.2. The number of hydrogen-bond donors (Lipinski definition) is 3. The van der Waals surface area contributed by atoms with E-state index in [4.69, 9.17) is 18.9 Å². The second kappa shape index (κ2) is 15.0. The first-order chi connectivity index (χ1) is 24.6. The van der Waals surface area contributed by atoms with Crippen molar-refractivity contribution in [3.63, 3.8) is 0 Å². The number of rotatable bonds is 9. The van der Waals surface area contributed by atoms with Crippen molar-refractivity contribution in [3.8, 4) is 23.0 Å². The fraction of sp³-hybridized carbons (Fsp3) is 0.325. The smallest absolute Gasteiger partial charge is 0.356 e. The number of allylic oxidation sites excluding steroid dienone is 2. The second-order valence-corrected chi connectivity index (χ2v) is 13.8. The Hall–Kier alpha value is -5.27. The number of carbonyl (C=O) groups is 5. The molecule has 0 radical (unpaired) electrons. The molecule has 0 fully saturated rings. The molecule has 0 aromatic heterocycles. The van der Waals surface area contributed by atoms with Crippen LogP contribution in [0.15, 0.2) is 34.0 Å². The van der Waals surface area contributed by atoms with Gasteiger partial charge in [-0.15, -0.1) is 0 Å². The van der Waals surface area contributed by atoms with E-state index in [0.717, 1.165) is 12.2 Å². The van der Waals surface area contributed by atoms with Gasteiger partial charge < -0.3 is 34.3 Å². The third-order valence-electron chi connectivity index (χ3n) is 9.99. The molecule has 1 aliphatic rings. The molecular formula is C40H41BrO12. The van der Waals surface area contributed by atoms with Crippen molar-refractivity contribution < 1.29 is 58.2 Å². The predicted octanol–water partition coefficient (Wildman–Crippen LogP) is 7.02. The molecule has 280 valence electrons. The first-order valence-corrected chi connectivity index (χ1v) is 17.3. The number of ether oxygens (including phenoxy) is 4. The Bertz CT molecular complexity index is 2150. The zero-order valence-electron chi connectivity index (χ0n) is 31.3. The largest absolute Gasteiger partial charge is 0.506 e. The monoisotopic (exact) mass is 792 g/mol. The van der Waals surface area contributed by atoms with Gasteiger partial charge in [0, 0.05) is 6.08 Å². The number of phenols is 1. The molecule has 4 rings (SSSR count). The highest BCUT2D eigenvalue weighted by Gasteiger charge is 2.48. The van der Waals surface area contributed by atoms with Gasteiger partial charge in [0.2, 0.25) is 5.60 Å². The maximum Gasteiger partial charge on any atom is 0.356 e. The summed E-state index contributed by atoms with van der Waals surface area (Å²) in [6.07, 6.45) is 2.39. The second-order valence-electron chi connectivity index (χ2n) is 13.0. The molecule has 0 aliphatic heterocycles. The fourth-order valence-corrected chi connectivity index (χ4v) is 7.17. The topological polar surface area (TPSA) is 183 Å². The number of aromatic carboxylic acids is 1. The van der Waals surface area contributed by atoms with Crippen LogP contribution in [0.1, 0.15) is 95.0 Å². The van der Waals surface area contributed by atoms with E-state index in [2.05, 4.69) is 15.9 Å². The number of methoxy groups -OCH3 is 1. The Morgan fingerprint density at radius 2 is 1.26 bits per heavy atom. The van der Waals surface area contributed by atoms with Gasteiger partial charge in [0.05, 0.1) is 18.2 Å². The fourth-order valence-electron chi connectivity index (χ4n) is 6.59. The quantitative estimate of drug-likeness (QED) is 0.149. The lowest BCUT2D eigenvalue weighted by molar-refractivity contribution is -0.151. The lowest BCUT2D eigenvalue weighted by Gasteiger charge is -2.30. The molecule has 0 unspecified atom stereocenters. The van der Waals surface area contributed by atoms with Crippen LogP contribution in [-0.4, -0.2) is 57.7 Å². The van der Waals surface area contributed by atoms with Crippen molar-refractivity contribution in [2.24, 2.45) is 0 Å². The summed E-state index contributed by atoms with van der Waals surface area (Å²) in [5.74, 6) is -5.09. The standard InChI is InChI=1S/C40H41BrO12/c1-12-26-24(10)29(37(46)52-34-21(7)18(4)30(36(44)45)19(5)22(34)8)16(2)13-27(26)51-38(47)31-20(6)23(9)35(32(41)33(31)43)53-39(48)40(49)17(3)14-25(42)15-28(40)50-11/h13-15,43,49H,12H2,1-11H3,(H,44,45)/t40-/m1/s1. The molecule has 0 saturated heterocycles. The molecular weight excluding hydrogens is 752 g/mol. The number of carboxylic acids is 1. The normalized spacial score (nSPS) is 15.4. The summed E-state index contributed by atoms with van der Waals surface area (Å²) in [7, 11) is 1.19. The summed E-state index contributed by atoms with van der Waals surface area (Å²) in [6, 6.07) is 1.53. The number of phenolic OH excluding ortho intramolecular Hbond substituents is 1. The Balaban J connectivity index is 1.69. The molecule has 12 nitrogen and oxygen atoms in total. The number of benzene rings is 3. The van der Waals surface area contributed by atoms with Crippen LogP contribution < -0.4 is 14.2 Å². The number of halogens is 1. The SMILES string of the molecule is CCc1c(OC(=O)c2c(C)c(C)c(OC(=O)[C@@]3(O)C(C)=CC(=O)C=C3OC)c(Br)c2O)cc(C)c(C(=O)Oc2c(C)c(C)c(C(=O)O)c(C)c2C)c1C. The van der Waals surface area contributed by atoms with Crippen molar-refractivity contribution >= 4 is 45.6 Å². The van der Waals surface area contributed by atoms with Crippen LogP contribution in [0.3, 0.4) is 0 Å². The molecule has 0 saturated carbocycles. The Kier molecular flexibility index (Phi) is 11.5.